The molecular formula is C18H21ClN2O2. The van der Waals surface area contributed by atoms with Crippen LogP contribution in [0.15, 0.2) is 42.5 Å². The van der Waals surface area contributed by atoms with E-state index >= 15 is 0 Å². The Labute approximate surface area is 142 Å². The van der Waals surface area contributed by atoms with Crippen LogP contribution in [0.4, 0.5) is 0 Å². The molecule has 1 amide bonds. The van der Waals surface area contributed by atoms with Gasteiger partial charge in [0, 0.05) is 31.6 Å². The van der Waals surface area contributed by atoms with Gasteiger partial charge in [0.2, 0.25) is 0 Å². The fourth-order valence-corrected chi connectivity index (χ4v) is 3.61. The highest BCUT2D eigenvalue weighted by atomic mass is 35.5. The maximum absolute atomic E-state index is 12.4. The molecule has 2 aliphatic rings. The Kier molecular flexibility index (Phi) is 4.74. The highest BCUT2D eigenvalue weighted by Crippen LogP contribution is 2.27. The molecule has 0 saturated carbocycles. The second-order valence-corrected chi connectivity index (χ2v) is 6.24. The molecule has 2 atom stereocenters. The van der Waals surface area contributed by atoms with Gasteiger partial charge in [0.1, 0.15) is 5.75 Å². The molecular weight excluding hydrogens is 312 g/mol. The van der Waals surface area contributed by atoms with Crippen LogP contribution >= 0.6 is 12.4 Å². The molecule has 2 fully saturated rings. The zero-order chi connectivity index (χ0) is 14.9. The number of nitrogens with one attached hydrogen (secondary N) is 1. The zero-order valence-electron chi connectivity index (χ0n) is 12.9. The van der Waals surface area contributed by atoms with Crippen molar-refractivity contribution in [2.75, 3.05) is 32.8 Å². The summed E-state index contributed by atoms with van der Waals surface area (Å²) in [6.45, 7) is 3.95. The fraction of sp³-hybridized carbons (Fsp3) is 0.389. The minimum Gasteiger partial charge on any atom is -0.483 e. The van der Waals surface area contributed by atoms with E-state index in [9.17, 15) is 4.79 Å². The van der Waals surface area contributed by atoms with Crippen LogP contribution in [-0.2, 0) is 4.79 Å². The maximum Gasteiger partial charge on any atom is 0.260 e. The quantitative estimate of drug-likeness (QED) is 0.938. The van der Waals surface area contributed by atoms with Crippen molar-refractivity contribution in [1.82, 2.24) is 10.2 Å². The first-order valence-electron chi connectivity index (χ1n) is 7.90. The molecule has 2 aromatic rings. The minimum atomic E-state index is 0. The van der Waals surface area contributed by atoms with E-state index in [0.717, 1.165) is 42.7 Å². The normalized spacial score (nSPS) is 22.7. The van der Waals surface area contributed by atoms with E-state index in [1.807, 2.05) is 35.2 Å². The number of rotatable bonds is 3. The first kappa shape index (κ1) is 16.1. The molecule has 0 aliphatic carbocycles. The van der Waals surface area contributed by atoms with Crippen LogP contribution in [0, 0.1) is 11.8 Å². The Morgan fingerprint density at radius 1 is 1.09 bits per heavy atom. The van der Waals surface area contributed by atoms with Crippen molar-refractivity contribution in [1.29, 1.82) is 0 Å². The van der Waals surface area contributed by atoms with Crippen molar-refractivity contribution in [2.45, 2.75) is 0 Å². The molecule has 2 heterocycles. The molecule has 2 aliphatic heterocycles. The lowest BCUT2D eigenvalue weighted by Crippen LogP contribution is -2.35. The molecule has 0 spiro atoms. The van der Waals surface area contributed by atoms with E-state index in [-0.39, 0.29) is 24.9 Å². The minimum absolute atomic E-state index is 0. The highest BCUT2D eigenvalue weighted by molar-refractivity contribution is 5.88. The summed E-state index contributed by atoms with van der Waals surface area (Å²) >= 11 is 0. The van der Waals surface area contributed by atoms with Gasteiger partial charge in [0.25, 0.3) is 5.91 Å². The predicted octanol–water partition coefficient (Wildman–Crippen LogP) is 2.32. The molecule has 4 nitrogen and oxygen atoms in total. The standard InChI is InChI=1S/C18H20N2O2.ClH/c21-18(20-10-14-8-19-9-15(14)11-20)12-22-17-7-3-5-13-4-1-2-6-16(13)17;/h1-7,14-15,19H,8-12H2;1H/t14-,15+;. The van der Waals surface area contributed by atoms with Gasteiger partial charge in [0.05, 0.1) is 0 Å². The number of nitrogens with zero attached hydrogens (tertiary/aromatic N) is 1. The smallest absolute Gasteiger partial charge is 0.260 e. The molecule has 2 saturated heterocycles. The first-order valence-corrected chi connectivity index (χ1v) is 7.90. The van der Waals surface area contributed by atoms with Crippen LogP contribution in [0.1, 0.15) is 0 Å². The number of benzene rings is 2. The van der Waals surface area contributed by atoms with Crippen molar-refractivity contribution in [3.05, 3.63) is 42.5 Å². The second kappa shape index (κ2) is 6.77. The van der Waals surface area contributed by atoms with Gasteiger partial charge < -0.3 is 15.0 Å². The lowest BCUT2D eigenvalue weighted by Gasteiger charge is -2.18. The Morgan fingerprint density at radius 2 is 1.78 bits per heavy atom. The molecule has 2 aromatic carbocycles. The van der Waals surface area contributed by atoms with Crippen LogP contribution in [0.5, 0.6) is 5.75 Å². The number of ether oxygens (including phenoxy) is 1. The van der Waals surface area contributed by atoms with E-state index in [2.05, 4.69) is 17.4 Å². The van der Waals surface area contributed by atoms with E-state index < -0.39 is 0 Å². The predicted molar refractivity (Wildman–Crippen MR) is 93.1 cm³/mol. The second-order valence-electron chi connectivity index (χ2n) is 6.24. The number of carbonyl (C=O) groups excluding carboxylic acids is 1. The molecule has 0 radical (unpaired) electrons. The van der Waals surface area contributed by atoms with Crippen molar-refractivity contribution in [3.63, 3.8) is 0 Å². The van der Waals surface area contributed by atoms with E-state index in [4.69, 9.17) is 4.74 Å². The maximum atomic E-state index is 12.4. The van der Waals surface area contributed by atoms with E-state index in [1.165, 1.54) is 0 Å². The van der Waals surface area contributed by atoms with Gasteiger partial charge in [-0.2, -0.15) is 0 Å². The number of fused-ring (bicyclic) bond motifs is 2. The lowest BCUT2D eigenvalue weighted by atomic mass is 10.0. The summed E-state index contributed by atoms with van der Waals surface area (Å²) in [6.07, 6.45) is 0. The number of amides is 1. The van der Waals surface area contributed by atoms with Crippen LogP contribution < -0.4 is 10.1 Å². The Morgan fingerprint density at radius 3 is 2.57 bits per heavy atom. The summed E-state index contributed by atoms with van der Waals surface area (Å²) in [7, 11) is 0. The van der Waals surface area contributed by atoms with Gasteiger partial charge in [-0.15, -0.1) is 12.4 Å². The van der Waals surface area contributed by atoms with Gasteiger partial charge >= 0.3 is 0 Å². The third-order valence-corrected chi connectivity index (χ3v) is 4.84. The molecule has 4 rings (SSSR count). The molecule has 122 valence electrons. The average molecular weight is 333 g/mol. The molecule has 0 aromatic heterocycles. The molecule has 0 unspecified atom stereocenters. The Hall–Kier alpha value is -1.78. The van der Waals surface area contributed by atoms with E-state index in [1.54, 1.807) is 0 Å². The van der Waals surface area contributed by atoms with Gasteiger partial charge in [0.15, 0.2) is 6.61 Å². The van der Waals surface area contributed by atoms with Gasteiger partial charge in [-0.05, 0) is 23.3 Å². The monoisotopic (exact) mass is 332 g/mol. The van der Waals surface area contributed by atoms with Crippen LogP contribution in [0.2, 0.25) is 0 Å². The van der Waals surface area contributed by atoms with Crippen molar-refractivity contribution in [3.8, 4) is 5.75 Å². The summed E-state index contributed by atoms with van der Waals surface area (Å²) in [5, 5.41) is 5.58. The van der Waals surface area contributed by atoms with Crippen LogP contribution in [0.25, 0.3) is 10.8 Å². The van der Waals surface area contributed by atoms with Crippen molar-refractivity contribution >= 4 is 29.1 Å². The lowest BCUT2D eigenvalue weighted by molar-refractivity contribution is -0.132. The number of carbonyl (C=O) groups is 1. The Bertz CT molecular complexity index is 689. The third kappa shape index (κ3) is 3.14. The van der Waals surface area contributed by atoms with Gasteiger partial charge in [-0.25, -0.2) is 0 Å². The zero-order valence-corrected chi connectivity index (χ0v) is 13.7. The molecule has 23 heavy (non-hydrogen) atoms. The van der Waals surface area contributed by atoms with Crippen molar-refractivity contribution < 1.29 is 9.53 Å². The SMILES string of the molecule is Cl.O=C(COc1cccc2ccccc12)N1C[C@H]2CNC[C@H]2C1. The molecule has 5 heteroatoms. The summed E-state index contributed by atoms with van der Waals surface area (Å²) in [6, 6.07) is 14.0. The topological polar surface area (TPSA) is 41.6 Å². The first-order chi connectivity index (χ1) is 10.8. The summed E-state index contributed by atoms with van der Waals surface area (Å²) in [5.74, 6) is 2.14. The number of likely N-dealkylation sites (tertiary alicyclic amines) is 1. The summed E-state index contributed by atoms with van der Waals surface area (Å²) in [5.41, 5.74) is 0. The number of hydrogen-bond donors (Lipinski definition) is 1. The van der Waals surface area contributed by atoms with Gasteiger partial charge in [-0.3, -0.25) is 4.79 Å². The van der Waals surface area contributed by atoms with Crippen LogP contribution in [0.3, 0.4) is 0 Å². The van der Waals surface area contributed by atoms with Gasteiger partial charge in [-0.1, -0.05) is 36.4 Å². The number of halogens is 1. The summed E-state index contributed by atoms with van der Waals surface area (Å²) < 4.78 is 5.81. The van der Waals surface area contributed by atoms with Crippen LogP contribution in [-0.4, -0.2) is 43.6 Å². The largest absolute Gasteiger partial charge is 0.483 e. The van der Waals surface area contributed by atoms with E-state index in [0.29, 0.717) is 11.8 Å². The third-order valence-electron chi connectivity index (χ3n) is 4.84. The fourth-order valence-electron chi connectivity index (χ4n) is 3.61. The average Bonchev–Trinajstić information content (AvgIpc) is 3.14. The highest BCUT2D eigenvalue weighted by Gasteiger charge is 2.37. The number of hydrogen-bond acceptors (Lipinski definition) is 3. The molecule has 1 N–H and O–H groups in total. The summed E-state index contributed by atoms with van der Waals surface area (Å²) in [4.78, 5) is 14.3. The molecule has 0 bridgehead atoms. The Balaban J connectivity index is 0.00000156. The van der Waals surface area contributed by atoms with Crippen molar-refractivity contribution in [2.24, 2.45) is 11.8 Å².